The molecule has 0 unspecified atom stereocenters. The highest BCUT2D eigenvalue weighted by molar-refractivity contribution is 7.20. The van der Waals surface area contributed by atoms with E-state index in [0.717, 1.165) is 5.56 Å². The highest BCUT2D eigenvalue weighted by atomic mass is 32.1. The number of thiophene rings is 1. The molecule has 6 nitrogen and oxygen atoms in total. The minimum absolute atomic E-state index is 0.105. The van der Waals surface area contributed by atoms with E-state index in [1.807, 2.05) is 37.3 Å². The van der Waals surface area contributed by atoms with E-state index in [1.54, 1.807) is 31.2 Å². The molecule has 30 heavy (non-hydrogen) atoms. The maximum Gasteiger partial charge on any atom is 0.266 e. The summed E-state index contributed by atoms with van der Waals surface area (Å²) < 4.78 is 1.29. The number of Topliss-reactive ketones (excluding diaryl/α,β-unsaturated/α-hetero) is 1. The van der Waals surface area contributed by atoms with Crippen LogP contribution in [0.4, 0.5) is 5.69 Å². The molecule has 150 valence electrons. The topological polar surface area (TPSA) is 81.1 Å². The molecule has 1 amide bonds. The Morgan fingerprint density at radius 3 is 2.43 bits per heavy atom. The number of carbonyl (C=O) groups is 2. The Kier molecular flexibility index (Phi) is 5.29. The quantitative estimate of drug-likeness (QED) is 0.493. The van der Waals surface area contributed by atoms with Crippen LogP contribution in [0.15, 0.2) is 65.7 Å². The van der Waals surface area contributed by atoms with E-state index in [-0.39, 0.29) is 23.8 Å². The zero-order valence-electron chi connectivity index (χ0n) is 16.5. The molecule has 0 atom stereocenters. The molecule has 0 bridgehead atoms. The number of hydrogen-bond donors (Lipinski definition) is 1. The molecule has 0 aliphatic rings. The number of benzene rings is 2. The molecule has 0 aliphatic carbocycles. The molecule has 0 fully saturated rings. The Hall–Kier alpha value is -3.58. The van der Waals surface area contributed by atoms with Gasteiger partial charge in [-0.25, -0.2) is 4.98 Å². The average molecular weight is 417 g/mol. The van der Waals surface area contributed by atoms with Gasteiger partial charge >= 0.3 is 0 Å². The van der Waals surface area contributed by atoms with Crippen LogP contribution >= 0.6 is 11.3 Å². The van der Waals surface area contributed by atoms with Gasteiger partial charge in [-0.3, -0.25) is 19.0 Å². The fourth-order valence-electron chi connectivity index (χ4n) is 3.18. The van der Waals surface area contributed by atoms with Crippen LogP contribution in [0.25, 0.3) is 10.2 Å². The maximum absolute atomic E-state index is 13.0. The summed E-state index contributed by atoms with van der Waals surface area (Å²) in [5.41, 5.74) is 2.51. The van der Waals surface area contributed by atoms with Crippen LogP contribution in [0, 0.1) is 13.8 Å². The SMILES string of the molecule is Cc1ccc(C(=O)Cn2cnc3sc(C(=O)Nc4ccccc4)c(C)c3c2=O)cc1. The first-order chi connectivity index (χ1) is 14.4. The van der Waals surface area contributed by atoms with Crippen molar-refractivity contribution in [3.05, 3.63) is 92.8 Å². The van der Waals surface area contributed by atoms with Crippen LogP contribution in [0.3, 0.4) is 0 Å². The van der Waals surface area contributed by atoms with E-state index >= 15 is 0 Å². The van der Waals surface area contributed by atoms with Crippen LogP contribution in [-0.4, -0.2) is 21.2 Å². The lowest BCUT2D eigenvalue weighted by Gasteiger charge is -2.06. The number of nitrogens with one attached hydrogen (secondary N) is 1. The highest BCUT2D eigenvalue weighted by Gasteiger charge is 2.20. The van der Waals surface area contributed by atoms with Crippen LogP contribution < -0.4 is 10.9 Å². The third-order valence-electron chi connectivity index (χ3n) is 4.84. The predicted molar refractivity (Wildman–Crippen MR) is 119 cm³/mol. The molecule has 0 spiro atoms. The zero-order valence-corrected chi connectivity index (χ0v) is 17.3. The van der Waals surface area contributed by atoms with E-state index in [1.165, 1.54) is 22.2 Å². The minimum Gasteiger partial charge on any atom is -0.321 e. The fraction of sp³-hybridized carbons (Fsp3) is 0.130. The van der Waals surface area contributed by atoms with Gasteiger partial charge in [0.25, 0.3) is 11.5 Å². The Morgan fingerprint density at radius 2 is 1.73 bits per heavy atom. The first kappa shape index (κ1) is 19.7. The van der Waals surface area contributed by atoms with Gasteiger partial charge < -0.3 is 5.32 Å². The molecule has 2 aromatic carbocycles. The van der Waals surface area contributed by atoms with Crippen LogP contribution in [0.1, 0.15) is 31.2 Å². The number of carbonyl (C=O) groups excluding carboxylic acids is 2. The number of anilines is 1. The van der Waals surface area contributed by atoms with Gasteiger partial charge in [-0.2, -0.15) is 0 Å². The first-order valence-electron chi connectivity index (χ1n) is 9.39. The number of ketones is 1. The standard InChI is InChI=1S/C23H19N3O3S/c1-14-8-10-16(11-9-14)18(27)12-26-13-24-22-19(23(26)29)15(2)20(30-22)21(28)25-17-6-4-3-5-7-17/h3-11,13H,12H2,1-2H3,(H,25,28). The summed E-state index contributed by atoms with van der Waals surface area (Å²) in [6, 6.07) is 16.3. The Morgan fingerprint density at radius 1 is 1.03 bits per heavy atom. The fourth-order valence-corrected chi connectivity index (χ4v) is 4.22. The molecule has 0 saturated heterocycles. The van der Waals surface area contributed by atoms with Crippen molar-refractivity contribution in [3.63, 3.8) is 0 Å². The second kappa shape index (κ2) is 8.04. The molecule has 2 aromatic heterocycles. The molecule has 4 rings (SSSR count). The number of hydrogen-bond acceptors (Lipinski definition) is 5. The Labute approximate surface area is 176 Å². The Bertz CT molecular complexity index is 1310. The lowest BCUT2D eigenvalue weighted by atomic mass is 10.1. The van der Waals surface area contributed by atoms with Crippen LogP contribution in [0.2, 0.25) is 0 Å². The second-order valence-corrected chi connectivity index (χ2v) is 8.02. The minimum atomic E-state index is -0.326. The summed E-state index contributed by atoms with van der Waals surface area (Å²) in [6.07, 6.45) is 1.37. The Balaban J connectivity index is 1.65. The maximum atomic E-state index is 13.0. The van der Waals surface area contributed by atoms with Gasteiger partial charge in [0.05, 0.1) is 23.1 Å². The van der Waals surface area contributed by atoms with Crippen molar-refractivity contribution < 1.29 is 9.59 Å². The number of para-hydroxylation sites is 1. The van der Waals surface area contributed by atoms with E-state index < -0.39 is 0 Å². The van der Waals surface area contributed by atoms with Gasteiger partial charge in [0.2, 0.25) is 0 Å². The molecule has 4 aromatic rings. The smallest absolute Gasteiger partial charge is 0.266 e. The van der Waals surface area contributed by atoms with Gasteiger partial charge in [0.1, 0.15) is 4.83 Å². The van der Waals surface area contributed by atoms with E-state index in [9.17, 15) is 14.4 Å². The van der Waals surface area contributed by atoms with Gasteiger partial charge in [-0.05, 0) is 31.5 Å². The molecular weight excluding hydrogens is 398 g/mol. The molecule has 0 aliphatic heterocycles. The lowest BCUT2D eigenvalue weighted by molar-refractivity contribution is 0.0969. The van der Waals surface area contributed by atoms with E-state index in [4.69, 9.17) is 0 Å². The van der Waals surface area contributed by atoms with Gasteiger partial charge in [0.15, 0.2) is 5.78 Å². The predicted octanol–water partition coefficient (Wildman–Crippen LogP) is 4.21. The van der Waals surface area contributed by atoms with Crippen LogP contribution in [0.5, 0.6) is 0 Å². The highest BCUT2D eigenvalue weighted by Crippen LogP contribution is 2.27. The largest absolute Gasteiger partial charge is 0.321 e. The molecule has 1 N–H and O–H groups in total. The summed E-state index contributed by atoms with van der Waals surface area (Å²) >= 11 is 1.17. The lowest BCUT2D eigenvalue weighted by Crippen LogP contribution is -2.24. The summed E-state index contributed by atoms with van der Waals surface area (Å²) in [5, 5.41) is 3.21. The summed E-state index contributed by atoms with van der Waals surface area (Å²) in [6.45, 7) is 3.57. The number of amides is 1. The summed E-state index contributed by atoms with van der Waals surface area (Å²) in [5.74, 6) is -0.462. The number of rotatable bonds is 5. The number of aryl methyl sites for hydroxylation is 2. The molecule has 0 saturated carbocycles. The van der Waals surface area contributed by atoms with E-state index in [0.29, 0.717) is 31.9 Å². The summed E-state index contributed by atoms with van der Waals surface area (Å²) in [4.78, 5) is 43.5. The second-order valence-electron chi connectivity index (χ2n) is 7.02. The average Bonchev–Trinajstić information content (AvgIpc) is 3.08. The van der Waals surface area contributed by atoms with Crippen molar-refractivity contribution in [3.8, 4) is 0 Å². The summed E-state index contributed by atoms with van der Waals surface area (Å²) in [7, 11) is 0. The molecule has 0 radical (unpaired) electrons. The number of aromatic nitrogens is 2. The van der Waals surface area contributed by atoms with Crippen molar-refractivity contribution >= 4 is 38.9 Å². The van der Waals surface area contributed by atoms with Crippen molar-refractivity contribution in [2.75, 3.05) is 5.32 Å². The first-order valence-corrected chi connectivity index (χ1v) is 10.2. The third-order valence-corrected chi connectivity index (χ3v) is 6.04. The van der Waals surface area contributed by atoms with Crippen molar-refractivity contribution in [2.45, 2.75) is 20.4 Å². The van der Waals surface area contributed by atoms with Crippen molar-refractivity contribution in [2.24, 2.45) is 0 Å². The normalized spacial score (nSPS) is 10.9. The molecular formula is C23H19N3O3S. The van der Waals surface area contributed by atoms with Gasteiger partial charge in [-0.1, -0.05) is 48.0 Å². The van der Waals surface area contributed by atoms with Gasteiger partial charge in [-0.15, -0.1) is 11.3 Å². The number of fused-ring (bicyclic) bond motifs is 1. The van der Waals surface area contributed by atoms with E-state index in [2.05, 4.69) is 10.3 Å². The molecule has 2 heterocycles. The van der Waals surface area contributed by atoms with Crippen molar-refractivity contribution in [1.29, 1.82) is 0 Å². The third kappa shape index (κ3) is 3.79. The van der Waals surface area contributed by atoms with Crippen LogP contribution in [-0.2, 0) is 6.54 Å². The van der Waals surface area contributed by atoms with Crippen molar-refractivity contribution in [1.82, 2.24) is 9.55 Å². The molecule has 7 heteroatoms. The number of nitrogens with zero attached hydrogens (tertiary/aromatic N) is 2. The van der Waals surface area contributed by atoms with Gasteiger partial charge in [0, 0.05) is 11.3 Å². The monoisotopic (exact) mass is 417 g/mol. The zero-order chi connectivity index (χ0) is 21.3.